The molecule has 2 aromatic carbocycles. The number of hydrogen-bond donors (Lipinski definition) is 0. The zero-order chi connectivity index (χ0) is 20.5. The molecule has 0 unspecified atom stereocenters. The topological polar surface area (TPSA) is 26.3 Å². The van der Waals surface area contributed by atoms with Crippen molar-refractivity contribution in [3.63, 3.8) is 0 Å². The summed E-state index contributed by atoms with van der Waals surface area (Å²) in [7, 11) is -0.434. The van der Waals surface area contributed by atoms with Gasteiger partial charge in [-0.05, 0) is 67.0 Å². The monoisotopic (exact) mass is 408 g/mol. The van der Waals surface area contributed by atoms with Crippen LogP contribution in [0.15, 0.2) is 48.5 Å². The van der Waals surface area contributed by atoms with E-state index >= 15 is 0 Å². The molecule has 0 amide bonds. The summed E-state index contributed by atoms with van der Waals surface area (Å²) in [4.78, 5) is 12.5. The first-order chi connectivity index (χ1) is 14.2. The number of rotatable bonds is 9. The third kappa shape index (κ3) is 6.57. The molecular weight excluding hydrogens is 372 g/mol. The highest BCUT2D eigenvalue weighted by atomic mass is 28.3. The van der Waals surface area contributed by atoms with Gasteiger partial charge in [0.15, 0.2) is 0 Å². The number of hydrogen-bond acceptors (Lipinski definition) is 2. The number of aryl methyl sites for hydroxylation is 1. The van der Waals surface area contributed by atoms with Gasteiger partial charge >= 0.3 is 5.97 Å². The van der Waals surface area contributed by atoms with Crippen LogP contribution in [0.1, 0.15) is 79.8 Å². The van der Waals surface area contributed by atoms with E-state index in [0.29, 0.717) is 17.2 Å². The summed E-state index contributed by atoms with van der Waals surface area (Å²) in [6, 6.07) is 20.6. The molecule has 0 atom stereocenters. The fourth-order valence-electron chi connectivity index (χ4n) is 4.55. The minimum atomic E-state index is -0.434. The summed E-state index contributed by atoms with van der Waals surface area (Å²) in [6.07, 6.45) is 8.82. The fourth-order valence-corrected chi connectivity index (χ4v) is 7.98. The number of carbonyl (C=O) groups is 1. The van der Waals surface area contributed by atoms with Gasteiger partial charge in [0.05, 0.1) is 5.56 Å². The Kier molecular flexibility index (Phi) is 8.54. The molecule has 0 bridgehead atoms. The largest absolute Gasteiger partial charge is 0.423 e. The third-order valence-electron chi connectivity index (χ3n) is 6.36. The number of carbonyl (C=O) groups excluding carboxylic acids is 1. The van der Waals surface area contributed by atoms with Gasteiger partial charge in [-0.2, -0.15) is 0 Å². The maximum absolute atomic E-state index is 12.5. The van der Waals surface area contributed by atoms with Crippen molar-refractivity contribution in [2.45, 2.75) is 82.8 Å². The fraction of sp³-hybridized carbons (Fsp3) is 0.500. The predicted octanol–water partition coefficient (Wildman–Crippen LogP) is 7.15. The van der Waals surface area contributed by atoms with Gasteiger partial charge in [-0.1, -0.05) is 75.5 Å². The highest BCUT2D eigenvalue weighted by molar-refractivity contribution is 6.59. The van der Waals surface area contributed by atoms with E-state index in [1.54, 1.807) is 0 Å². The summed E-state index contributed by atoms with van der Waals surface area (Å²) < 4.78 is 5.60. The summed E-state index contributed by atoms with van der Waals surface area (Å²) in [6.45, 7) is 4.53. The number of ether oxygens (including phenoxy) is 1. The van der Waals surface area contributed by atoms with Gasteiger partial charge in [0.25, 0.3) is 0 Å². The first-order valence-electron chi connectivity index (χ1n) is 11.6. The van der Waals surface area contributed by atoms with E-state index in [1.807, 2.05) is 36.4 Å². The molecule has 0 N–H and O–H groups in total. The molecule has 0 radical (unpaired) electrons. The van der Waals surface area contributed by atoms with Crippen LogP contribution in [0.3, 0.4) is 0 Å². The van der Waals surface area contributed by atoms with Gasteiger partial charge in [0.1, 0.15) is 5.75 Å². The molecule has 1 saturated heterocycles. The standard InChI is InChI=1S/C26H36O2Si/c1-3-5-6-7-21-8-10-24(11-9-21)26(27)28-25-14-12-22(13-15-25)23-16-19-29(18-4-2)20-17-23/h8-15,23,29H,3-7,16-20H2,1-2H3. The Balaban J connectivity index is 1.51. The van der Waals surface area contributed by atoms with Crippen LogP contribution >= 0.6 is 0 Å². The molecular formula is C26H36O2Si. The number of esters is 1. The van der Waals surface area contributed by atoms with Crippen LogP contribution in [-0.4, -0.2) is 14.8 Å². The smallest absolute Gasteiger partial charge is 0.343 e. The summed E-state index contributed by atoms with van der Waals surface area (Å²) in [5, 5.41) is 0. The Morgan fingerprint density at radius 1 is 0.931 bits per heavy atom. The molecule has 3 rings (SSSR count). The van der Waals surface area contributed by atoms with Gasteiger partial charge in [-0.3, -0.25) is 0 Å². The molecule has 0 saturated carbocycles. The van der Waals surface area contributed by atoms with Crippen LogP contribution in [0.5, 0.6) is 5.75 Å². The van der Waals surface area contributed by atoms with Crippen LogP contribution < -0.4 is 4.74 Å². The number of benzene rings is 2. The van der Waals surface area contributed by atoms with Gasteiger partial charge in [-0.25, -0.2) is 4.79 Å². The second-order valence-electron chi connectivity index (χ2n) is 8.62. The summed E-state index contributed by atoms with van der Waals surface area (Å²) >= 11 is 0. The molecule has 156 valence electrons. The molecule has 0 aromatic heterocycles. The van der Waals surface area contributed by atoms with Crippen molar-refractivity contribution >= 4 is 14.8 Å². The Bertz CT molecular complexity index is 743. The van der Waals surface area contributed by atoms with E-state index in [9.17, 15) is 4.79 Å². The van der Waals surface area contributed by atoms with Crippen molar-refractivity contribution < 1.29 is 9.53 Å². The van der Waals surface area contributed by atoms with Crippen LogP contribution in [0.2, 0.25) is 18.1 Å². The first kappa shape index (κ1) is 21.8. The highest BCUT2D eigenvalue weighted by Crippen LogP contribution is 2.35. The molecule has 1 aliphatic heterocycles. The average Bonchev–Trinajstić information content (AvgIpc) is 2.76. The van der Waals surface area contributed by atoms with Crippen molar-refractivity contribution in [2.24, 2.45) is 0 Å². The minimum Gasteiger partial charge on any atom is -0.423 e. The quantitative estimate of drug-likeness (QED) is 0.190. The van der Waals surface area contributed by atoms with Crippen LogP contribution in [0, 0.1) is 0 Å². The molecule has 2 nitrogen and oxygen atoms in total. The van der Waals surface area contributed by atoms with E-state index in [4.69, 9.17) is 4.74 Å². The molecule has 1 fully saturated rings. The first-order valence-corrected chi connectivity index (χ1v) is 14.1. The molecule has 1 heterocycles. The van der Waals surface area contributed by atoms with Crippen molar-refractivity contribution in [2.75, 3.05) is 0 Å². The third-order valence-corrected chi connectivity index (χ3v) is 10.1. The van der Waals surface area contributed by atoms with Crippen molar-refractivity contribution in [1.29, 1.82) is 0 Å². The summed E-state index contributed by atoms with van der Waals surface area (Å²) in [5.74, 6) is 1.06. The van der Waals surface area contributed by atoms with E-state index in [-0.39, 0.29) is 5.97 Å². The lowest BCUT2D eigenvalue weighted by molar-refractivity contribution is 0.0734. The van der Waals surface area contributed by atoms with Gasteiger partial charge in [0.2, 0.25) is 0 Å². The SMILES string of the molecule is CCCCCc1ccc(C(=O)Oc2ccc(C3CC[SiH](CCC)CC3)cc2)cc1. The zero-order valence-corrected chi connectivity index (χ0v) is 19.3. The lowest BCUT2D eigenvalue weighted by Crippen LogP contribution is -2.20. The summed E-state index contributed by atoms with van der Waals surface area (Å²) in [5.41, 5.74) is 3.31. The van der Waals surface area contributed by atoms with Gasteiger partial charge < -0.3 is 4.74 Å². The molecule has 0 aliphatic carbocycles. The van der Waals surface area contributed by atoms with Crippen molar-refractivity contribution in [3.05, 3.63) is 65.2 Å². The van der Waals surface area contributed by atoms with E-state index in [2.05, 4.69) is 26.0 Å². The van der Waals surface area contributed by atoms with Crippen molar-refractivity contribution in [1.82, 2.24) is 0 Å². The highest BCUT2D eigenvalue weighted by Gasteiger charge is 2.22. The average molecular weight is 409 g/mol. The second-order valence-corrected chi connectivity index (χ2v) is 12.1. The van der Waals surface area contributed by atoms with Crippen LogP contribution in [-0.2, 0) is 6.42 Å². The van der Waals surface area contributed by atoms with E-state index in [0.717, 1.165) is 6.42 Å². The maximum atomic E-state index is 12.5. The zero-order valence-electron chi connectivity index (χ0n) is 18.2. The second kappa shape index (κ2) is 11.3. The predicted molar refractivity (Wildman–Crippen MR) is 125 cm³/mol. The Labute approximate surface area is 178 Å². The van der Waals surface area contributed by atoms with E-state index < -0.39 is 8.80 Å². The maximum Gasteiger partial charge on any atom is 0.343 e. The molecule has 29 heavy (non-hydrogen) atoms. The minimum absolute atomic E-state index is 0.274. The Morgan fingerprint density at radius 2 is 1.62 bits per heavy atom. The molecule has 2 aromatic rings. The van der Waals surface area contributed by atoms with Crippen molar-refractivity contribution in [3.8, 4) is 5.75 Å². The van der Waals surface area contributed by atoms with Crippen LogP contribution in [0.25, 0.3) is 0 Å². The Morgan fingerprint density at radius 3 is 2.24 bits per heavy atom. The number of unbranched alkanes of at least 4 members (excludes halogenated alkanes) is 2. The molecule has 3 heteroatoms. The van der Waals surface area contributed by atoms with Gasteiger partial charge in [0, 0.05) is 8.80 Å². The van der Waals surface area contributed by atoms with Crippen LogP contribution in [0.4, 0.5) is 0 Å². The lowest BCUT2D eigenvalue weighted by Gasteiger charge is -2.27. The molecule has 1 aliphatic rings. The Hall–Kier alpha value is -1.87. The van der Waals surface area contributed by atoms with E-state index in [1.165, 1.54) is 67.8 Å². The normalized spacial score (nSPS) is 19.1. The molecule has 0 spiro atoms. The van der Waals surface area contributed by atoms with Gasteiger partial charge in [-0.15, -0.1) is 0 Å². The lowest BCUT2D eigenvalue weighted by atomic mass is 9.93.